The number of aryl methyl sites for hydroxylation is 3. The van der Waals surface area contributed by atoms with Gasteiger partial charge in [0, 0.05) is 30.2 Å². The van der Waals surface area contributed by atoms with E-state index < -0.39 is 0 Å². The first-order chi connectivity index (χ1) is 8.99. The molecule has 0 aliphatic heterocycles. The fraction of sp³-hybridized carbons (Fsp3) is 0.286. The molecule has 1 amide bonds. The second kappa shape index (κ2) is 5.14. The number of aromatic amines is 2. The van der Waals surface area contributed by atoms with Gasteiger partial charge in [0.2, 0.25) is 0 Å². The largest absolute Gasteiger partial charge is 0.367 e. The molecular weight excluding hydrogens is 242 g/mol. The molecule has 0 aliphatic rings. The number of rotatable bonds is 3. The molecule has 0 spiro atoms. The van der Waals surface area contributed by atoms with Crippen molar-refractivity contribution in [1.82, 2.24) is 15.3 Å². The maximum absolute atomic E-state index is 11.9. The topological polar surface area (TPSA) is 77.8 Å². The van der Waals surface area contributed by atoms with E-state index in [1.165, 1.54) is 0 Å². The summed E-state index contributed by atoms with van der Waals surface area (Å²) in [6.45, 7) is 5.78. The number of H-pyrrole nitrogens is 2. The van der Waals surface area contributed by atoms with Gasteiger partial charge in [-0.2, -0.15) is 0 Å². The first kappa shape index (κ1) is 13.1. The van der Waals surface area contributed by atoms with Gasteiger partial charge < -0.3 is 15.3 Å². The lowest BCUT2D eigenvalue weighted by Gasteiger charge is -2.08. The van der Waals surface area contributed by atoms with Crippen molar-refractivity contribution in [3.63, 3.8) is 0 Å². The average Bonchev–Trinajstić information content (AvgIpc) is 2.73. The molecule has 0 fully saturated rings. The third-order valence-corrected chi connectivity index (χ3v) is 3.12. The van der Waals surface area contributed by atoms with E-state index in [-0.39, 0.29) is 18.0 Å². The highest BCUT2D eigenvalue weighted by molar-refractivity contribution is 5.95. The van der Waals surface area contributed by atoms with Crippen molar-refractivity contribution in [2.24, 2.45) is 0 Å². The lowest BCUT2D eigenvalue weighted by atomic mass is 10.1. The van der Waals surface area contributed by atoms with Crippen molar-refractivity contribution in [3.05, 3.63) is 56.8 Å². The van der Waals surface area contributed by atoms with Gasteiger partial charge in [0.05, 0.1) is 5.56 Å². The minimum absolute atomic E-state index is 0.149. The molecule has 100 valence electrons. The fourth-order valence-electron chi connectivity index (χ4n) is 2.05. The van der Waals surface area contributed by atoms with E-state index in [1.54, 1.807) is 12.4 Å². The van der Waals surface area contributed by atoms with E-state index in [0.29, 0.717) is 11.1 Å². The Bertz CT molecular complexity index is 668. The normalized spacial score (nSPS) is 10.5. The molecule has 5 heteroatoms. The first-order valence-electron chi connectivity index (χ1n) is 6.10. The lowest BCUT2D eigenvalue weighted by Crippen LogP contribution is -2.28. The Balaban J connectivity index is 2.14. The molecular formula is C14H17N3O2. The van der Waals surface area contributed by atoms with E-state index >= 15 is 0 Å². The van der Waals surface area contributed by atoms with Crippen molar-refractivity contribution in [3.8, 4) is 0 Å². The quantitative estimate of drug-likeness (QED) is 0.782. The summed E-state index contributed by atoms with van der Waals surface area (Å²) in [7, 11) is 0. The third kappa shape index (κ3) is 2.76. The van der Waals surface area contributed by atoms with Gasteiger partial charge in [-0.1, -0.05) is 0 Å². The second-order valence-corrected chi connectivity index (χ2v) is 4.68. The highest BCUT2D eigenvalue weighted by Gasteiger charge is 2.11. The average molecular weight is 259 g/mol. The number of pyridine rings is 1. The van der Waals surface area contributed by atoms with Crippen LogP contribution < -0.4 is 10.9 Å². The zero-order chi connectivity index (χ0) is 14.0. The predicted molar refractivity (Wildman–Crippen MR) is 73.2 cm³/mol. The van der Waals surface area contributed by atoms with E-state index in [1.807, 2.05) is 26.8 Å². The number of carbonyl (C=O) groups excluding carboxylic acids is 1. The highest BCUT2D eigenvalue weighted by Crippen LogP contribution is 2.07. The molecule has 19 heavy (non-hydrogen) atoms. The van der Waals surface area contributed by atoms with Crippen LogP contribution in [0, 0.1) is 20.8 Å². The summed E-state index contributed by atoms with van der Waals surface area (Å²) in [6.07, 6.45) is 3.41. The van der Waals surface area contributed by atoms with Gasteiger partial charge in [-0.05, 0) is 38.0 Å². The SMILES string of the molecule is Cc1cc(C)c(CNC(=O)c2c[nH]cc2C)c(=O)[nH]1. The van der Waals surface area contributed by atoms with Gasteiger partial charge in [0.1, 0.15) is 0 Å². The first-order valence-corrected chi connectivity index (χ1v) is 6.10. The zero-order valence-corrected chi connectivity index (χ0v) is 11.3. The fourth-order valence-corrected chi connectivity index (χ4v) is 2.05. The van der Waals surface area contributed by atoms with Crippen molar-refractivity contribution < 1.29 is 4.79 Å². The number of nitrogens with one attached hydrogen (secondary N) is 3. The lowest BCUT2D eigenvalue weighted by molar-refractivity contribution is 0.0950. The Morgan fingerprint density at radius 1 is 1.21 bits per heavy atom. The van der Waals surface area contributed by atoms with Crippen molar-refractivity contribution in [1.29, 1.82) is 0 Å². The van der Waals surface area contributed by atoms with Gasteiger partial charge in [-0.25, -0.2) is 0 Å². The molecule has 2 aromatic rings. The zero-order valence-electron chi connectivity index (χ0n) is 11.3. The Kier molecular flexibility index (Phi) is 3.55. The van der Waals surface area contributed by atoms with Crippen LogP contribution in [-0.2, 0) is 6.54 Å². The Labute approximate surface area is 111 Å². The number of aromatic nitrogens is 2. The number of hydrogen-bond donors (Lipinski definition) is 3. The maximum Gasteiger partial charge on any atom is 0.253 e. The summed E-state index contributed by atoms with van der Waals surface area (Å²) >= 11 is 0. The van der Waals surface area contributed by atoms with Crippen molar-refractivity contribution in [2.45, 2.75) is 27.3 Å². The van der Waals surface area contributed by atoms with Crippen LogP contribution in [0.2, 0.25) is 0 Å². The molecule has 5 nitrogen and oxygen atoms in total. The molecule has 0 radical (unpaired) electrons. The standard InChI is InChI=1S/C14H17N3O2/c1-8-4-10(3)17-14(19)12(8)7-16-13(18)11-6-15-5-9(11)2/h4-6,15H,7H2,1-3H3,(H,16,18)(H,17,19). The van der Waals surface area contributed by atoms with Gasteiger partial charge in [-0.15, -0.1) is 0 Å². The van der Waals surface area contributed by atoms with Crippen LogP contribution in [0.5, 0.6) is 0 Å². The van der Waals surface area contributed by atoms with Gasteiger partial charge >= 0.3 is 0 Å². The van der Waals surface area contributed by atoms with Crippen LogP contribution in [0.15, 0.2) is 23.3 Å². The molecule has 3 N–H and O–H groups in total. The highest BCUT2D eigenvalue weighted by atomic mass is 16.1. The van der Waals surface area contributed by atoms with Gasteiger partial charge in [-0.3, -0.25) is 9.59 Å². The summed E-state index contributed by atoms with van der Waals surface area (Å²) < 4.78 is 0. The van der Waals surface area contributed by atoms with E-state index in [9.17, 15) is 9.59 Å². The van der Waals surface area contributed by atoms with Crippen LogP contribution in [0.4, 0.5) is 0 Å². The van der Waals surface area contributed by atoms with Crippen LogP contribution >= 0.6 is 0 Å². The van der Waals surface area contributed by atoms with Crippen LogP contribution in [0.3, 0.4) is 0 Å². The number of hydrogen-bond acceptors (Lipinski definition) is 2. The molecule has 0 unspecified atom stereocenters. The molecule has 0 aromatic carbocycles. The van der Waals surface area contributed by atoms with Crippen LogP contribution in [-0.4, -0.2) is 15.9 Å². The third-order valence-electron chi connectivity index (χ3n) is 3.12. The molecule has 0 saturated heterocycles. The monoisotopic (exact) mass is 259 g/mol. The van der Waals surface area contributed by atoms with Crippen LogP contribution in [0.1, 0.15) is 32.7 Å². The molecule has 2 heterocycles. The van der Waals surface area contributed by atoms with Gasteiger partial charge in [0.15, 0.2) is 0 Å². The molecule has 2 rings (SSSR count). The summed E-state index contributed by atoms with van der Waals surface area (Å²) in [6, 6.07) is 1.89. The summed E-state index contributed by atoms with van der Waals surface area (Å²) in [5.74, 6) is -0.182. The predicted octanol–water partition coefficient (Wildman–Crippen LogP) is 1.56. The van der Waals surface area contributed by atoms with Crippen molar-refractivity contribution >= 4 is 5.91 Å². The van der Waals surface area contributed by atoms with E-state index in [0.717, 1.165) is 16.8 Å². The maximum atomic E-state index is 11.9. The molecule has 0 aliphatic carbocycles. The molecule has 0 saturated carbocycles. The number of carbonyl (C=O) groups is 1. The molecule has 0 atom stereocenters. The second-order valence-electron chi connectivity index (χ2n) is 4.68. The Hall–Kier alpha value is -2.30. The smallest absolute Gasteiger partial charge is 0.253 e. The summed E-state index contributed by atoms with van der Waals surface area (Å²) in [5, 5.41) is 2.76. The van der Waals surface area contributed by atoms with Crippen LogP contribution in [0.25, 0.3) is 0 Å². The molecule has 0 bridgehead atoms. The van der Waals surface area contributed by atoms with E-state index in [2.05, 4.69) is 15.3 Å². The Morgan fingerprint density at radius 3 is 2.53 bits per heavy atom. The Morgan fingerprint density at radius 2 is 1.95 bits per heavy atom. The summed E-state index contributed by atoms with van der Waals surface area (Å²) in [5.41, 5.74) is 3.62. The summed E-state index contributed by atoms with van der Waals surface area (Å²) in [4.78, 5) is 29.4. The minimum Gasteiger partial charge on any atom is -0.367 e. The van der Waals surface area contributed by atoms with Gasteiger partial charge in [0.25, 0.3) is 11.5 Å². The minimum atomic E-state index is -0.182. The molecule has 2 aromatic heterocycles. The number of amides is 1. The van der Waals surface area contributed by atoms with E-state index in [4.69, 9.17) is 0 Å². The van der Waals surface area contributed by atoms with Crippen molar-refractivity contribution in [2.75, 3.05) is 0 Å².